The molecule has 1 aliphatic heterocycles. The zero-order chi connectivity index (χ0) is 17.8. The standard InChI is InChI=1S/C19H19ClN2O3/c1-25-17-7-5-13(6-8-17)11-21-19(24)14-9-18(23)22(12-14)16-4-2-3-15(20)10-16/h2-8,10,14H,9,11-12H2,1H3,(H,21,24)/t14-/m1/s1. The zero-order valence-corrected chi connectivity index (χ0v) is 14.6. The van der Waals surface area contributed by atoms with E-state index in [1.54, 1.807) is 30.2 Å². The first-order valence-electron chi connectivity index (χ1n) is 8.03. The molecule has 0 unspecified atom stereocenters. The Kier molecular flexibility index (Phi) is 5.24. The lowest BCUT2D eigenvalue weighted by atomic mass is 10.1. The van der Waals surface area contributed by atoms with E-state index in [1.807, 2.05) is 30.3 Å². The monoisotopic (exact) mass is 358 g/mol. The Labute approximate surface area is 151 Å². The highest BCUT2D eigenvalue weighted by Crippen LogP contribution is 2.27. The lowest BCUT2D eigenvalue weighted by Crippen LogP contribution is -2.32. The molecule has 1 saturated heterocycles. The van der Waals surface area contributed by atoms with E-state index in [0.29, 0.717) is 18.1 Å². The Bertz CT molecular complexity index is 776. The van der Waals surface area contributed by atoms with Crippen LogP contribution in [0.4, 0.5) is 5.69 Å². The van der Waals surface area contributed by atoms with E-state index in [0.717, 1.165) is 17.0 Å². The predicted molar refractivity (Wildman–Crippen MR) is 96.8 cm³/mol. The number of hydrogen-bond acceptors (Lipinski definition) is 3. The second kappa shape index (κ2) is 7.57. The molecule has 1 fully saturated rings. The highest BCUT2D eigenvalue weighted by Gasteiger charge is 2.35. The highest BCUT2D eigenvalue weighted by molar-refractivity contribution is 6.30. The summed E-state index contributed by atoms with van der Waals surface area (Å²) >= 11 is 5.98. The minimum atomic E-state index is -0.357. The number of halogens is 1. The third-order valence-corrected chi connectivity index (χ3v) is 4.48. The van der Waals surface area contributed by atoms with E-state index >= 15 is 0 Å². The number of methoxy groups -OCH3 is 1. The maximum absolute atomic E-state index is 12.4. The van der Waals surface area contributed by atoms with Crippen molar-refractivity contribution >= 4 is 29.1 Å². The van der Waals surface area contributed by atoms with Gasteiger partial charge in [-0.15, -0.1) is 0 Å². The van der Waals surface area contributed by atoms with Gasteiger partial charge in [0, 0.05) is 30.2 Å². The average molecular weight is 359 g/mol. The SMILES string of the molecule is COc1ccc(CNC(=O)[C@@H]2CC(=O)N(c3cccc(Cl)c3)C2)cc1. The number of ether oxygens (including phenoxy) is 1. The molecule has 1 aliphatic rings. The van der Waals surface area contributed by atoms with Crippen LogP contribution < -0.4 is 15.0 Å². The second-order valence-electron chi connectivity index (χ2n) is 5.95. The fraction of sp³-hybridized carbons (Fsp3) is 0.263. The zero-order valence-electron chi connectivity index (χ0n) is 13.9. The molecule has 0 spiro atoms. The fourth-order valence-corrected chi connectivity index (χ4v) is 3.04. The van der Waals surface area contributed by atoms with E-state index in [-0.39, 0.29) is 24.2 Å². The molecule has 0 saturated carbocycles. The normalized spacial score (nSPS) is 16.8. The molecule has 25 heavy (non-hydrogen) atoms. The van der Waals surface area contributed by atoms with Crippen LogP contribution in [0.5, 0.6) is 5.75 Å². The molecule has 0 aromatic heterocycles. The van der Waals surface area contributed by atoms with Gasteiger partial charge in [-0.3, -0.25) is 9.59 Å². The molecular weight excluding hydrogens is 340 g/mol. The third kappa shape index (κ3) is 4.12. The van der Waals surface area contributed by atoms with Crippen molar-refractivity contribution in [2.45, 2.75) is 13.0 Å². The summed E-state index contributed by atoms with van der Waals surface area (Å²) in [6.45, 7) is 0.790. The van der Waals surface area contributed by atoms with Crippen molar-refractivity contribution < 1.29 is 14.3 Å². The van der Waals surface area contributed by atoms with Crippen LogP contribution in [0.3, 0.4) is 0 Å². The molecule has 1 atom stereocenters. The number of nitrogens with one attached hydrogen (secondary N) is 1. The van der Waals surface area contributed by atoms with E-state index in [9.17, 15) is 9.59 Å². The molecule has 6 heteroatoms. The van der Waals surface area contributed by atoms with Crippen LogP contribution in [0, 0.1) is 5.92 Å². The average Bonchev–Trinajstić information content (AvgIpc) is 3.02. The second-order valence-corrected chi connectivity index (χ2v) is 6.39. The highest BCUT2D eigenvalue weighted by atomic mass is 35.5. The Morgan fingerprint density at radius 2 is 2.04 bits per heavy atom. The minimum Gasteiger partial charge on any atom is -0.497 e. The largest absolute Gasteiger partial charge is 0.497 e. The Morgan fingerprint density at radius 1 is 1.28 bits per heavy atom. The number of rotatable bonds is 5. The van der Waals surface area contributed by atoms with Gasteiger partial charge in [0.2, 0.25) is 11.8 Å². The first-order chi connectivity index (χ1) is 12.1. The van der Waals surface area contributed by atoms with Gasteiger partial charge in [0.1, 0.15) is 5.75 Å². The predicted octanol–water partition coefficient (Wildman–Crippen LogP) is 3.02. The molecule has 1 N–H and O–H groups in total. The minimum absolute atomic E-state index is 0.0631. The fourth-order valence-electron chi connectivity index (χ4n) is 2.85. The van der Waals surface area contributed by atoms with Crippen LogP contribution in [0.25, 0.3) is 0 Å². The van der Waals surface area contributed by atoms with Crippen LogP contribution in [-0.2, 0) is 16.1 Å². The Hall–Kier alpha value is -2.53. The van der Waals surface area contributed by atoms with Crippen LogP contribution >= 0.6 is 11.6 Å². The van der Waals surface area contributed by atoms with Gasteiger partial charge in [-0.05, 0) is 35.9 Å². The lowest BCUT2D eigenvalue weighted by Gasteiger charge is -2.17. The van der Waals surface area contributed by atoms with E-state index in [2.05, 4.69) is 5.32 Å². The maximum atomic E-state index is 12.4. The summed E-state index contributed by atoms with van der Waals surface area (Å²) in [5, 5.41) is 3.46. The number of nitrogens with zero attached hydrogens (tertiary/aromatic N) is 1. The summed E-state index contributed by atoms with van der Waals surface area (Å²) < 4.78 is 5.11. The number of amides is 2. The number of carbonyl (C=O) groups is 2. The van der Waals surface area contributed by atoms with Gasteiger partial charge < -0.3 is 15.0 Å². The topological polar surface area (TPSA) is 58.6 Å². The van der Waals surface area contributed by atoms with Crippen molar-refractivity contribution in [2.24, 2.45) is 5.92 Å². The van der Waals surface area contributed by atoms with Crippen molar-refractivity contribution in [1.82, 2.24) is 5.32 Å². The number of benzene rings is 2. The number of carbonyl (C=O) groups excluding carboxylic acids is 2. The Morgan fingerprint density at radius 3 is 2.72 bits per heavy atom. The lowest BCUT2D eigenvalue weighted by molar-refractivity contribution is -0.126. The molecule has 0 bridgehead atoms. The van der Waals surface area contributed by atoms with Crippen molar-refractivity contribution in [2.75, 3.05) is 18.6 Å². The van der Waals surface area contributed by atoms with Crippen LogP contribution in [0.2, 0.25) is 5.02 Å². The smallest absolute Gasteiger partial charge is 0.227 e. The maximum Gasteiger partial charge on any atom is 0.227 e. The van der Waals surface area contributed by atoms with Gasteiger partial charge >= 0.3 is 0 Å². The van der Waals surface area contributed by atoms with Crippen molar-refractivity contribution in [3.63, 3.8) is 0 Å². The van der Waals surface area contributed by atoms with Gasteiger partial charge in [0.25, 0.3) is 0 Å². The third-order valence-electron chi connectivity index (χ3n) is 4.24. The molecule has 5 nitrogen and oxygen atoms in total. The summed E-state index contributed by atoms with van der Waals surface area (Å²) in [5.74, 6) is 0.235. The van der Waals surface area contributed by atoms with Crippen LogP contribution in [-0.4, -0.2) is 25.5 Å². The summed E-state index contributed by atoms with van der Waals surface area (Å²) in [4.78, 5) is 26.2. The summed E-state index contributed by atoms with van der Waals surface area (Å²) in [5.41, 5.74) is 1.70. The van der Waals surface area contributed by atoms with Crippen molar-refractivity contribution in [3.05, 3.63) is 59.1 Å². The molecule has 1 heterocycles. The summed E-state index contributed by atoms with van der Waals surface area (Å²) in [7, 11) is 1.61. The van der Waals surface area contributed by atoms with E-state index in [4.69, 9.17) is 16.3 Å². The molecule has 3 rings (SSSR count). The van der Waals surface area contributed by atoms with Gasteiger partial charge in [-0.2, -0.15) is 0 Å². The van der Waals surface area contributed by atoms with Crippen molar-refractivity contribution in [1.29, 1.82) is 0 Å². The van der Waals surface area contributed by atoms with Gasteiger partial charge in [0.15, 0.2) is 0 Å². The van der Waals surface area contributed by atoms with E-state index < -0.39 is 0 Å². The molecule has 2 aromatic rings. The quantitative estimate of drug-likeness (QED) is 0.893. The van der Waals surface area contributed by atoms with Crippen molar-refractivity contribution in [3.8, 4) is 5.75 Å². The van der Waals surface area contributed by atoms with Crippen LogP contribution in [0.1, 0.15) is 12.0 Å². The molecule has 0 aliphatic carbocycles. The van der Waals surface area contributed by atoms with Crippen LogP contribution in [0.15, 0.2) is 48.5 Å². The number of anilines is 1. The Balaban J connectivity index is 1.58. The van der Waals surface area contributed by atoms with E-state index in [1.165, 1.54) is 0 Å². The number of hydrogen-bond donors (Lipinski definition) is 1. The molecule has 0 radical (unpaired) electrons. The first kappa shape index (κ1) is 17.3. The van der Waals surface area contributed by atoms with Gasteiger partial charge in [0.05, 0.1) is 13.0 Å². The molecular formula is C19H19ClN2O3. The first-order valence-corrected chi connectivity index (χ1v) is 8.41. The molecule has 2 amide bonds. The molecule has 130 valence electrons. The van der Waals surface area contributed by atoms with Gasteiger partial charge in [-0.1, -0.05) is 29.8 Å². The molecule has 2 aromatic carbocycles. The summed E-state index contributed by atoms with van der Waals surface area (Å²) in [6.07, 6.45) is 0.209. The summed E-state index contributed by atoms with van der Waals surface area (Å²) in [6, 6.07) is 14.6. The van der Waals surface area contributed by atoms with Gasteiger partial charge in [-0.25, -0.2) is 0 Å².